The average Bonchev–Trinajstić information content (AvgIpc) is 2.75. The maximum absolute atomic E-state index is 12.4. The number of ether oxygens (including phenoxy) is 2. The first-order chi connectivity index (χ1) is 14.5. The molecule has 1 N–H and O–H groups in total. The zero-order valence-electron chi connectivity index (χ0n) is 17.3. The van der Waals surface area contributed by atoms with Gasteiger partial charge in [0.05, 0.1) is 26.2 Å². The predicted octanol–water partition coefficient (Wildman–Crippen LogP) is 2.59. The lowest BCUT2D eigenvalue weighted by molar-refractivity contribution is -0.121. The van der Waals surface area contributed by atoms with E-state index in [4.69, 9.17) is 9.47 Å². The molecule has 0 bridgehead atoms. The zero-order valence-corrected chi connectivity index (χ0v) is 17.3. The fourth-order valence-corrected chi connectivity index (χ4v) is 3.02. The number of nitrogens with zero attached hydrogens (tertiary/aromatic N) is 2. The molecule has 0 saturated heterocycles. The molecular formula is C23H25N3O4. The van der Waals surface area contributed by atoms with Crippen LogP contribution in [0.1, 0.15) is 11.1 Å². The minimum atomic E-state index is -0.268. The minimum absolute atomic E-state index is 0.0774. The van der Waals surface area contributed by atoms with Gasteiger partial charge in [0.15, 0.2) is 11.5 Å². The summed E-state index contributed by atoms with van der Waals surface area (Å²) in [6.45, 7) is 2.36. The second-order valence-corrected chi connectivity index (χ2v) is 6.90. The van der Waals surface area contributed by atoms with Crippen LogP contribution in [0.2, 0.25) is 0 Å². The molecule has 7 nitrogen and oxygen atoms in total. The third kappa shape index (κ3) is 5.26. The molecule has 0 radical (unpaired) electrons. The van der Waals surface area contributed by atoms with Gasteiger partial charge in [0.1, 0.15) is 6.54 Å². The number of amides is 1. The van der Waals surface area contributed by atoms with Crippen molar-refractivity contribution in [2.24, 2.45) is 0 Å². The monoisotopic (exact) mass is 407 g/mol. The molecule has 1 aromatic heterocycles. The van der Waals surface area contributed by atoms with Crippen molar-refractivity contribution in [1.82, 2.24) is 14.9 Å². The smallest absolute Gasteiger partial charge is 0.254 e. The van der Waals surface area contributed by atoms with Gasteiger partial charge in [-0.3, -0.25) is 14.2 Å². The van der Waals surface area contributed by atoms with Crippen LogP contribution in [0.5, 0.6) is 11.5 Å². The number of carbonyl (C=O) groups is 1. The van der Waals surface area contributed by atoms with E-state index in [0.717, 1.165) is 16.7 Å². The highest BCUT2D eigenvalue weighted by molar-refractivity contribution is 5.75. The van der Waals surface area contributed by atoms with E-state index >= 15 is 0 Å². The van der Waals surface area contributed by atoms with Crippen LogP contribution in [0.3, 0.4) is 0 Å². The molecule has 0 fully saturated rings. The van der Waals surface area contributed by atoms with E-state index in [1.807, 2.05) is 49.4 Å². The van der Waals surface area contributed by atoms with Crippen molar-refractivity contribution in [3.8, 4) is 22.8 Å². The normalized spacial score (nSPS) is 10.5. The first-order valence-corrected chi connectivity index (χ1v) is 9.61. The number of benzene rings is 2. The van der Waals surface area contributed by atoms with Crippen molar-refractivity contribution in [1.29, 1.82) is 0 Å². The summed E-state index contributed by atoms with van der Waals surface area (Å²) >= 11 is 0. The fraction of sp³-hybridized carbons (Fsp3) is 0.261. The van der Waals surface area contributed by atoms with E-state index in [9.17, 15) is 9.59 Å². The molecule has 0 unspecified atom stereocenters. The predicted molar refractivity (Wildman–Crippen MR) is 115 cm³/mol. The van der Waals surface area contributed by atoms with Crippen LogP contribution in [0, 0.1) is 6.92 Å². The van der Waals surface area contributed by atoms with Gasteiger partial charge >= 0.3 is 0 Å². The fourth-order valence-electron chi connectivity index (χ4n) is 3.02. The highest BCUT2D eigenvalue weighted by Gasteiger charge is 2.08. The van der Waals surface area contributed by atoms with Crippen LogP contribution in [0.15, 0.2) is 59.7 Å². The summed E-state index contributed by atoms with van der Waals surface area (Å²) in [5.41, 5.74) is 3.33. The number of nitrogens with one attached hydrogen (secondary N) is 1. The van der Waals surface area contributed by atoms with E-state index in [1.165, 1.54) is 17.0 Å². The van der Waals surface area contributed by atoms with Crippen molar-refractivity contribution in [2.75, 3.05) is 20.8 Å². The summed E-state index contributed by atoms with van der Waals surface area (Å²) in [5, 5.41) is 2.83. The van der Waals surface area contributed by atoms with Gasteiger partial charge in [-0.1, -0.05) is 35.9 Å². The second kappa shape index (κ2) is 9.73. The molecule has 0 aliphatic rings. The van der Waals surface area contributed by atoms with Crippen LogP contribution in [0.4, 0.5) is 0 Å². The van der Waals surface area contributed by atoms with Crippen LogP contribution in [-0.2, 0) is 17.8 Å². The molecule has 156 valence electrons. The van der Waals surface area contributed by atoms with Gasteiger partial charge in [-0.2, -0.15) is 0 Å². The Kier molecular flexibility index (Phi) is 6.85. The summed E-state index contributed by atoms with van der Waals surface area (Å²) in [4.78, 5) is 28.9. The van der Waals surface area contributed by atoms with E-state index < -0.39 is 0 Å². The molecule has 0 atom stereocenters. The topological polar surface area (TPSA) is 82.5 Å². The van der Waals surface area contributed by atoms with Crippen molar-refractivity contribution in [2.45, 2.75) is 19.9 Å². The summed E-state index contributed by atoms with van der Waals surface area (Å²) in [6.07, 6.45) is 2.04. The SMILES string of the molecule is COc1ccc(CCNC(=O)Cn2cnc(-c3ccc(C)cc3)cc2=O)cc1OC. The first kappa shape index (κ1) is 21.1. The van der Waals surface area contributed by atoms with Gasteiger partial charge < -0.3 is 14.8 Å². The number of aromatic nitrogens is 2. The van der Waals surface area contributed by atoms with Gasteiger partial charge in [-0.15, -0.1) is 0 Å². The van der Waals surface area contributed by atoms with E-state index in [1.54, 1.807) is 14.2 Å². The zero-order chi connectivity index (χ0) is 21.5. The first-order valence-electron chi connectivity index (χ1n) is 9.61. The number of hydrogen-bond donors (Lipinski definition) is 1. The van der Waals surface area contributed by atoms with E-state index in [2.05, 4.69) is 10.3 Å². The number of methoxy groups -OCH3 is 2. The van der Waals surface area contributed by atoms with Crippen molar-refractivity contribution in [3.63, 3.8) is 0 Å². The van der Waals surface area contributed by atoms with Gasteiger partial charge in [0.2, 0.25) is 5.91 Å². The summed E-state index contributed by atoms with van der Waals surface area (Å²) in [5.74, 6) is 1.06. The molecule has 1 heterocycles. The molecule has 30 heavy (non-hydrogen) atoms. The Morgan fingerprint density at radius 3 is 2.43 bits per heavy atom. The maximum Gasteiger partial charge on any atom is 0.254 e. The van der Waals surface area contributed by atoms with Gasteiger partial charge in [-0.25, -0.2) is 4.98 Å². The van der Waals surface area contributed by atoms with Gasteiger partial charge in [0, 0.05) is 18.2 Å². The highest BCUT2D eigenvalue weighted by atomic mass is 16.5. The van der Waals surface area contributed by atoms with Gasteiger partial charge in [-0.05, 0) is 31.0 Å². The molecule has 0 aliphatic heterocycles. The van der Waals surface area contributed by atoms with Crippen LogP contribution < -0.4 is 20.3 Å². The summed E-state index contributed by atoms with van der Waals surface area (Å²) in [7, 11) is 3.17. The number of rotatable bonds is 8. The second-order valence-electron chi connectivity index (χ2n) is 6.90. The molecule has 2 aromatic carbocycles. The highest BCUT2D eigenvalue weighted by Crippen LogP contribution is 2.27. The third-order valence-electron chi connectivity index (χ3n) is 4.72. The lowest BCUT2D eigenvalue weighted by Gasteiger charge is -2.10. The molecule has 0 spiro atoms. The van der Waals surface area contributed by atoms with E-state index in [-0.39, 0.29) is 18.0 Å². The van der Waals surface area contributed by atoms with Crippen LogP contribution >= 0.6 is 0 Å². The Morgan fingerprint density at radius 2 is 1.77 bits per heavy atom. The molecular weight excluding hydrogens is 382 g/mol. The largest absolute Gasteiger partial charge is 0.493 e. The Balaban J connectivity index is 1.56. The Hall–Kier alpha value is -3.61. The minimum Gasteiger partial charge on any atom is -0.493 e. The maximum atomic E-state index is 12.4. The Morgan fingerprint density at radius 1 is 1.03 bits per heavy atom. The lowest BCUT2D eigenvalue weighted by Crippen LogP contribution is -2.33. The van der Waals surface area contributed by atoms with Crippen LogP contribution in [0.25, 0.3) is 11.3 Å². The third-order valence-corrected chi connectivity index (χ3v) is 4.72. The van der Waals surface area contributed by atoms with Crippen molar-refractivity contribution in [3.05, 3.63) is 76.3 Å². The summed E-state index contributed by atoms with van der Waals surface area (Å²) < 4.78 is 11.8. The lowest BCUT2D eigenvalue weighted by atomic mass is 10.1. The van der Waals surface area contributed by atoms with Crippen molar-refractivity contribution >= 4 is 5.91 Å². The van der Waals surface area contributed by atoms with Gasteiger partial charge in [0.25, 0.3) is 5.56 Å². The van der Waals surface area contributed by atoms with Crippen molar-refractivity contribution < 1.29 is 14.3 Å². The quantitative estimate of drug-likeness (QED) is 0.621. The Bertz CT molecular complexity index is 1070. The number of carbonyl (C=O) groups excluding carboxylic acids is 1. The Labute approximate surface area is 175 Å². The average molecular weight is 407 g/mol. The number of hydrogen-bond acceptors (Lipinski definition) is 5. The molecule has 3 rings (SSSR count). The molecule has 0 aliphatic carbocycles. The number of aryl methyl sites for hydroxylation is 1. The van der Waals surface area contributed by atoms with E-state index in [0.29, 0.717) is 30.2 Å². The van der Waals surface area contributed by atoms with Crippen LogP contribution in [-0.4, -0.2) is 36.2 Å². The molecule has 3 aromatic rings. The molecule has 1 amide bonds. The standard InChI is InChI=1S/C23H25N3O4/c1-16-4-7-18(8-5-16)19-13-23(28)26(15-25-19)14-22(27)24-11-10-17-6-9-20(29-2)21(12-17)30-3/h4-9,12-13,15H,10-11,14H2,1-3H3,(H,24,27). The molecule has 0 saturated carbocycles. The molecule has 7 heteroatoms. The summed E-state index contributed by atoms with van der Waals surface area (Å²) in [6, 6.07) is 14.8.